The van der Waals surface area contributed by atoms with Crippen LogP contribution in [0.1, 0.15) is 20.8 Å². The van der Waals surface area contributed by atoms with Gasteiger partial charge in [0.2, 0.25) is 0 Å². The summed E-state index contributed by atoms with van der Waals surface area (Å²) in [5.41, 5.74) is 6.69. The number of aryl methyl sites for hydroxylation is 1. The van der Waals surface area contributed by atoms with Crippen molar-refractivity contribution in [2.75, 3.05) is 11.5 Å². The number of benzene rings is 1. The van der Waals surface area contributed by atoms with E-state index in [-0.39, 0.29) is 5.75 Å². The van der Waals surface area contributed by atoms with Gasteiger partial charge in [-0.15, -0.1) is 0 Å². The highest BCUT2D eigenvalue weighted by atomic mass is 32.2. The molecule has 2 N–H and O–H groups in total. The number of rotatable bonds is 3. The second-order valence-electron chi connectivity index (χ2n) is 5.56. The summed E-state index contributed by atoms with van der Waals surface area (Å²) in [5, 5.41) is 5.06. The van der Waals surface area contributed by atoms with Crippen molar-refractivity contribution in [2.24, 2.45) is 0 Å². The minimum atomic E-state index is -3.16. The van der Waals surface area contributed by atoms with E-state index in [1.807, 2.05) is 24.3 Å². The highest BCUT2D eigenvalue weighted by molar-refractivity contribution is 7.92. The molecule has 0 aliphatic rings. The average Bonchev–Trinajstić information content (AvgIpc) is 2.63. The van der Waals surface area contributed by atoms with E-state index >= 15 is 0 Å². The van der Waals surface area contributed by atoms with E-state index in [1.165, 1.54) is 0 Å². The number of sulfone groups is 1. The number of nitrogens with zero attached hydrogens (tertiary/aromatic N) is 2. The molecule has 0 bridgehead atoms. The van der Waals surface area contributed by atoms with Crippen molar-refractivity contribution >= 4 is 26.6 Å². The highest BCUT2D eigenvalue weighted by Gasteiger charge is 2.28. The molecule has 0 saturated carbocycles. The largest absolute Gasteiger partial charge is 0.382 e. The molecule has 0 atom stereocenters. The normalized spacial score (nSPS) is 13.0. The van der Waals surface area contributed by atoms with Crippen LogP contribution in [-0.2, 0) is 16.4 Å². The summed E-state index contributed by atoms with van der Waals surface area (Å²) in [6, 6.07) is 7.55. The van der Waals surface area contributed by atoms with Crippen molar-refractivity contribution < 1.29 is 8.42 Å². The number of hydrogen-bond acceptors (Lipinski definition) is 4. The Morgan fingerprint density at radius 3 is 2.53 bits per heavy atom. The van der Waals surface area contributed by atoms with Crippen LogP contribution in [0.15, 0.2) is 24.3 Å². The molecule has 5 nitrogen and oxygen atoms in total. The van der Waals surface area contributed by atoms with E-state index in [1.54, 1.807) is 25.5 Å². The van der Waals surface area contributed by atoms with Crippen LogP contribution >= 0.6 is 0 Å². The van der Waals surface area contributed by atoms with Gasteiger partial charge in [0.15, 0.2) is 15.7 Å². The minimum absolute atomic E-state index is 0.0572. The van der Waals surface area contributed by atoms with Crippen LogP contribution in [0.2, 0.25) is 0 Å². The van der Waals surface area contributed by atoms with E-state index in [9.17, 15) is 8.42 Å². The highest BCUT2D eigenvalue weighted by Crippen LogP contribution is 2.21. The summed E-state index contributed by atoms with van der Waals surface area (Å²) in [7, 11) is -3.16. The van der Waals surface area contributed by atoms with Gasteiger partial charge < -0.3 is 5.73 Å². The lowest BCUT2D eigenvalue weighted by atomic mass is 10.2. The van der Waals surface area contributed by atoms with Crippen molar-refractivity contribution in [3.8, 4) is 0 Å². The zero-order valence-corrected chi connectivity index (χ0v) is 12.2. The van der Waals surface area contributed by atoms with Gasteiger partial charge in [-0.3, -0.25) is 4.68 Å². The first-order valence-electron chi connectivity index (χ1n) is 6.16. The van der Waals surface area contributed by atoms with E-state index in [4.69, 9.17) is 5.73 Å². The fourth-order valence-corrected chi connectivity index (χ4v) is 2.86. The van der Waals surface area contributed by atoms with Gasteiger partial charge in [-0.1, -0.05) is 12.1 Å². The zero-order chi connectivity index (χ0) is 14.3. The number of hydrogen-bond donors (Lipinski definition) is 1. The van der Waals surface area contributed by atoms with Crippen LogP contribution in [-0.4, -0.2) is 28.7 Å². The molecule has 0 fully saturated rings. The van der Waals surface area contributed by atoms with E-state index in [0.29, 0.717) is 12.4 Å². The molecule has 0 amide bonds. The SMILES string of the molecule is CC(C)(C)S(=O)(=O)CCn1nc(N)c2ccccc21. The predicted octanol–water partition coefficient (Wildman–Crippen LogP) is 1.83. The predicted molar refractivity (Wildman–Crippen MR) is 77.7 cm³/mol. The van der Waals surface area contributed by atoms with Gasteiger partial charge in [-0.05, 0) is 32.9 Å². The summed E-state index contributed by atoms with van der Waals surface area (Å²) < 4.78 is 25.1. The maximum atomic E-state index is 12.1. The molecule has 0 aliphatic carbocycles. The maximum absolute atomic E-state index is 12.1. The Bertz CT molecular complexity index is 696. The van der Waals surface area contributed by atoms with Gasteiger partial charge in [-0.25, -0.2) is 8.42 Å². The smallest absolute Gasteiger partial charge is 0.157 e. The molecule has 0 aliphatic heterocycles. The lowest BCUT2D eigenvalue weighted by molar-refractivity contribution is 0.550. The van der Waals surface area contributed by atoms with Crippen LogP contribution in [0, 0.1) is 0 Å². The third-order valence-corrected chi connectivity index (χ3v) is 5.78. The van der Waals surface area contributed by atoms with Crippen LogP contribution < -0.4 is 5.73 Å². The standard InChI is InChI=1S/C13H19N3O2S/c1-13(2,3)19(17,18)9-8-16-11-7-5-4-6-10(11)12(14)15-16/h4-7H,8-9H2,1-3H3,(H2,14,15). The number of aromatic nitrogens is 2. The van der Waals surface area contributed by atoms with Gasteiger partial charge in [0, 0.05) is 5.39 Å². The molecule has 1 aromatic carbocycles. The molecule has 0 unspecified atom stereocenters. The molecule has 19 heavy (non-hydrogen) atoms. The fraction of sp³-hybridized carbons (Fsp3) is 0.462. The Balaban J connectivity index is 2.29. The van der Waals surface area contributed by atoms with Crippen LogP contribution in [0.3, 0.4) is 0 Å². The molecular weight excluding hydrogens is 262 g/mol. The second-order valence-corrected chi connectivity index (χ2v) is 8.42. The van der Waals surface area contributed by atoms with Gasteiger partial charge in [-0.2, -0.15) is 5.10 Å². The van der Waals surface area contributed by atoms with Crippen molar-refractivity contribution in [3.05, 3.63) is 24.3 Å². The van der Waals surface area contributed by atoms with Crippen molar-refractivity contribution in [1.82, 2.24) is 9.78 Å². The Morgan fingerprint density at radius 1 is 1.26 bits per heavy atom. The number of anilines is 1. The first-order chi connectivity index (χ1) is 8.72. The Morgan fingerprint density at radius 2 is 1.89 bits per heavy atom. The maximum Gasteiger partial charge on any atom is 0.157 e. The van der Waals surface area contributed by atoms with Gasteiger partial charge in [0.1, 0.15) is 0 Å². The second kappa shape index (κ2) is 4.52. The summed E-state index contributed by atoms with van der Waals surface area (Å²) >= 11 is 0. The minimum Gasteiger partial charge on any atom is -0.382 e. The van der Waals surface area contributed by atoms with Gasteiger partial charge in [0.05, 0.1) is 22.6 Å². The molecule has 0 radical (unpaired) electrons. The van der Waals surface area contributed by atoms with E-state index in [2.05, 4.69) is 5.10 Å². The van der Waals surface area contributed by atoms with Crippen molar-refractivity contribution in [3.63, 3.8) is 0 Å². The first kappa shape index (κ1) is 13.9. The third kappa shape index (κ3) is 2.58. The van der Waals surface area contributed by atoms with Crippen LogP contribution in [0.25, 0.3) is 10.9 Å². The van der Waals surface area contributed by atoms with Crippen molar-refractivity contribution in [2.45, 2.75) is 32.1 Å². The topological polar surface area (TPSA) is 78.0 Å². The zero-order valence-electron chi connectivity index (χ0n) is 11.4. The third-order valence-electron chi connectivity index (χ3n) is 3.19. The Hall–Kier alpha value is -1.56. The summed E-state index contributed by atoms with van der Waals surface area (Å²) in [6.45, 7) is 5.44. The number of fused-ring (bicyclic) bond motifs is 1. The lowest BCUT2D eigenvalue weighted by Crippen LogP contribution is -2.32. The molecule has 2 aromatic rings. The van der Waals surface area contributed by atoms with E-state index < -0.39 is 14.6 Å². The quantitative estimate of drug-likeness (QED) is 0.931. The molecule has 6 heteroatoms. The summed E-state index contributed by atoms with van der Waals surface area (Å²) in [4.78, 5) is 0. The molecule has 104 valence electrons. The number of nitrogen functional groups attached to an aromatic ring is 1. The molecule has 0 spiro atoms. The monoisotopic (exact) mass is 281 g/mol. The Kier molecular flexibility index (Phi) is 3.30. The first-order valence-corrected chi connectivity index (χ1v) is 7.81. The molecule has 0 saturated heterocycles. The molecular formula is C13H19N3O2S. The number of nitrogens with two attached hydrogens (primary N) is 1. The number of para-hydroxylation sites is 1. The fourth-order valence-electron chi connectivity index (χ4n) is 1.84. The molecule has 2 rings (SSSR count). The molecule has 1 heterocycles. The van der Waals surface area contributed by atoms with Gasteiger partial charge >= 0.3 is 0 Å². The van der Waals surface area contributed by atoms with Crippen molar-refractivity contribution in [1.29, 1.82) is 0 Å². The van der Waals surface area contributed by atoms with Crippen LogP contribution in [0.5, 0.6) is 0 Å². The lowest BCUT2D eigenvalue weighted by Gasteiger charge is -2.19. The average molecular weight is 281 g/mol. The Labute approximate surface area is 113 Å². The van der Waals surface area contributed by atoms with E-state index in [0.717, 1.165) is 10.9 Å². The molecule has 1 aromatic heterocycles. The van der Waals surface area contributed by atoms with Gasteiger partial charge in [0.25, 0.3) is 0 Å². The van der Waals surface area contributed by atoms with Crippen LogP contribution in [0.4, 0.5) is 5.82 Å². The summed E-state index contributed by atoms with van der Waals surface area (Å²) in [6.07, 6.45) is 0. The summed E-state index contributed by atoms with van der Waals surface area (Å²) in [5.74, 6) is 0.491.